The number of likely N-dealkylation sites (tertiary alicyclic amines) is 1. The molecule has 1 aliphatic heterocycles. The van der Waals surface area contributed by atoms with Gasteiger partial charge >= 0.3 is 0 Å². The summed E-state index contributed by atoms with van der Waals surface area (Å²) in [5.74, 6) is 0.490. The number of piperidine rings is 1. The minimum absolute atomic E-state index is 0.0105. The molecular weight excluding hydrogens is 338 g/mol. The molecule has 0 saturated carbocycles. The number of carbonyl (C=O) groups is 1. The van der Waals surface area contributed by atoms with Gasteiger partial charge in [-0.3, -0.25) is 14.8 Å². The van der Waals surface area contributed by atoms with Crippen LogP contribution in [0.1, 0.15) is 29.2 Å². The van der Waals surface area contributed by atoms with Crippen LogP contribution < -0.4 is 5.32 Å². The summed E-state index contributed by atoms with van der Waals surface area (Å²) in [7, 11) is 2.15. The molecule has 5 rings (SSSR count). The molecule has 6 heteroatoms. The maximum atomic E-state index is 12.8. The van der Waals surface area contributed by atoms with Gasteiger partial charge in [0.25, 0.3) is 0 Å². The van der Waals surface area contributed by atoms with E-state index >= 15 is 0 Å². The summed E-state index contributed by atoms with van der Waals surface area (Å²) in [6, 6.07) is 6.96. The maximum Gasteiger partial charge on any atom is 0.224 e. The van der Waals surface area contributed by atoms with Crippen LogP contribution >= 0.6 is 0 Å². The first-order valence-electron chi connectivity index (χ1n) is 9.52. The number of hydrogen-bond donors (Lipinski definition) is 2. The Kier molecular flexibility index (Phi) is 3.93. The van der Waals surface area contributed by atoms with Crippen molar-refractivity contribution in [2.24, 2.45) is 5.92 Å². The van der Waals surface area contributed by atoms with Crippen LogP contribution in [0.5, 0.6) is 0 Å². The van der Waals surface area contributed by atoms with Crippen molar-refractivity contribution in [1.29, 1.82) is 0 Å². The molecule has 3 atom stereocenters. The predicted molar refractivity (Wildman–Crippen MR) is 103 cm³/mol. The van der Waals surface area contributed by atoms with Crippen LogP contribution in [0.25, 0.3) is 10.9 Å². The second kappa shape index (κ2) is 6.46. The van der Waals surface area contributed by atoms with Crippen LogP contribution in [-0.2, 0) is 17.8 Å². The number of nitrogens with one attached hydrogen (secondary N) is 2. The second-order valence-corrected chi connectivity index (χ2v) is 7.75. The van der Waals surface area contributed by atoms with Crippen molar-refractivity contribution in [2.45, 2.75) is 31.3 Å². The number of aromatic nitrogens is 3. The average Bonchev–Trinajstić information content (AvgIpc) is 3.12. The molecule has 1 aliphatic carbocycles. The molecule has 2 aromatic heterocycles. The molecule has 0 radical (unpaired) electrons. The first-order valence-corrected chi connectivity index (χ1v) is 9.52. The monoisotopic (exact) mass is 361 g/mol. The highest BCUT2D eigenvalue weighted by Crippen LogP contribution is 2.44. The van der Waals surface area contributed by atoms with Crippen molar-refractivity contribution in [3.05, 3.63) is 59.8 Å². The van der Waals surface area contributed by atoms with Gasteiger partial charge in [0, 0.05) is 48.0 Å². The van der Waals surface area contributed by atoms with E-state index in [1.54, 1.807) is 18.6 Å². The Morgan fingerprint density at radius 2 is 2.30 bits per heavy atom. The predicted octanol–water partition coefficient (Wildman–Crippen LogP) is 2.23. The molecule has 1 aromatic carbocycles. The van der Waals surface area contributed by atoms with Gasteiger partial charge in [-0.05, 0) is 37.1 Å². The summed E-state index contributed by atoms with van der Waals surface area (Å²) in [6.45, 7) is 1.22. The molecule has 27 heavy (non-hydrogen) atoms. The van der Waals surface area contributed by atoms with E-state index in [2.05, 4.69) is 56.6 Å². The normalized spacial score (nSPS) is 24.6. The van der Waals surface area contributed by atoms with Gasteiger partial charge in [0.15, 0.2) is 0 Å². The molecule has 6 nitrogen and oxygen atoms in total. The van der Waals surface area contributed by atoms with Crippen LogP contribution in [0.15, 0.2) is 43.0 Å². The quantitative estimate of drug-likeness (QED) is 0.750. The van der Waals surface area contributed by atoms with Gasteiger partial charge < -0.3 is 15.2 Å². The molecule has 2 N–H and O–H groups in total. The summed E-state index contributed by atoms with van der Waals surface area (Å²) in [5, 5.41) is 4.42. The first kappa shape index (κ1) is 16.4. The Bertz CT molecular complexity index is 983. The van der Waals surface area contributed by atoms with Gasteiger partial charge in [-0.1, -0.05) is 12.1 Å². The smallest absolute Gasteiger partial charge is 0.224 e. The van der Waals surface area contributed by atoms with E-state index in [4.69, 9.17) is 0 Å². The number of H-pyrrole nitrogens is 1. The van der Waals surface area contributed by atoms with Crippen molar-refractivity contribution in [3.8, 4) is 0 Å². The zero-order valence-corrected chi connectivity index (χ0v) is 15.4. The minimum atomic E-state index is -0.0105. The van der Waals surface area contributed by atoms with Crippen LogP contribution in [-0.4, -0.2) is 45.4 Å². The summed E-state index contributed by atoms with van der Waals surface area (Å²) in [6.07, 6.45) is 9.08. The molecule has 3 aromatic rings. The standard InChI is InChI=1S/C21H23N5O/c1-26-12-14(21(27)25-11-15-10-22-5-6-23-15)7-17-16-3-2-4-18-20(16)13(9-24-18)8-19(17)26/h2-6,9-10,14,17,19,24H,7-8,11-12H2,1H3,(H,25,27)/t14-,17-,19-/m1/s1. The Hall–Kier alpha value is -2.73. The first-order chi connectivity index (χ1) is 13.2. The van der Waals surface area contributed by atoms with E-state index in [-0.39, 0.29) is 11.8 Å². The molecule has 0 bridgehead atoms. The zero-order valence-electron chi connectivity index (χ0n) is 15.4. The van der Waals surface area contributed by atoms with Gasteiger partial charge in [-0.25, -0.2) is 0 Å². The Balaban J connectivity index is 1.37. The number of fused-ring (bicyclic) bond motifs is 2. The van der Waals surface area contributed by atoms with Crippen molar-refractivity contribution in [1.82, 2.24) is 25.2 Å². The highest BCUT2D eigenvalue weighted by Gasteiger charge is 2.41. The van der Waals surface area contributed by atoms with Gasteiger partial charge in [-0.2, -0.15) is 0 Å². The highest BCUT2D eigenvalue weighted by molar-refractivity contribution is 5.88. The van der Waals surface area contributed by atoms with Crippen molar-refractivity contribution < 1.29 is 4.79 Å². The highest BCUT2D eigenvalue weighted by atomic mass is 16.1. The van der Waals surface area contributed by atoms with Crippen molar-refractivity contribution in [2.75, 3.05) is 13.6 Å². The lowest BCUT2D eigenvalue weighted by molar-refractivity contribution is -0.127. The lowest BCUT2D eigenvalue weighted by Gasteiger charge is -2.45. The topological polar surface area (TPSA) is 73.9 Å². The number of amides is 1. The Morgan fingerprint density at radius 3 is 3.15 bits per heavy atom. The number of hydrogen-bond acceptors (Lipinski definition) is 4. The van der Waals surface area contributed by atoms with Gasteiger partial charge in [-0.15, -0.1) is 0 Å². The van der Waals surface area contributed by atoms with Crippen LogP contribution in [0.2, 0.25) is 0 Å². The molecule has 1 saturated heterocycles. The van der Waals surface area contributed by atoms with Crippen molar-refractivity contribution >= 4 is 16.8 Å². The SMILES string of the molecule is CN1C[C@H](C(=O)NCc2cnccn2)C[C@@H]2c3cccc4[nH]cc(c34)C[C@H]21. The minimum Gasteiger partial charge on any atom is -0.361 e. The number of carbonyl (C=O) groups excluding carboxylic acids is 1. The van der Waals surface area contributed by atoms with E-state index < -0.39 is 0 Å². The zero-order chi connectivity index (χ0) is 18.4. The lowest BCUT2D eigenvalue weighted by Crippen LogP contribution is -2.51. The third-order valence-electron chi connectivity index (χ3n) is 6.16. The third-order valence-corrected chi connectivity index (χ3v) is 6.16. The Morgan fingerprint density at radius 1 is 1.37 bits per heavy atom. The lowest BCUT2D eigenvalue weighted by atomic mass is 9.72. The van der Waals surface area contributed by atoms with Crippen LogP contribution in [0.4, 0.5) is 0 Å². The van der Waals surface area contributed by atoms with Crippen LogP contribution in [0, 0.1) is 5.92 Å². The van der Waals surface area contributed by atoms with Crippen LogP contribution in [0.3, 0.4) is 0 Å². The summed E-state index contributed by atoms with van der Waals surface area (Å²) < 4.78 is 0. The van der Waals surface area contributed by atoms with E-state index in [0.29, 0.717) is 18.5 Å². The fraction of sp³-hybridized carbons (Fsp3) is 0.381. The van der Waals surface area contributed by atoms with E-state index in [9.17, 15) is 4.79 Å². The summed E-state index contributed by atoms with van der Waals surface area (Å²) in [4.78, 5) is 26.9. The average molecular weight is 361 g/mol. The third kappa shape index (κ3) is 2.80. The summed E-state index contributed by atoms with van der Waals surface area (Å²) >= 11 is 0. The molecule has 0 unspecified atom stereocenters. The fourth-order valence-corrected chi connectivity index (χ4v) is 4.88. The molecule has 2 aliphatic rings. The van der Waals surface area contributed by atoms with E-state index in [1.807, 2.05) is 0 Å². The summed E-state index contributed by atoms with van der Waals surface area (Å²) in [5.41, 5.74) is 4.78. The molecule has 3 heterocycles. The number of nitrogens with zero attached hydrogens (tertiary/aromatic N) is 3. The maximum absolute atomic E-state index is 12.8. The molecular formula is C21H23N5O. The number of likely N-dealkylation sites (N-methyl/N-ethyl adjacent to an activating group) is 1. The van der Waals surface area contributed by atoms with E-state index in [1.165, 1.54) is 22.0 Å². The Labute approximate surface area is 158 Å². The number of aromatic amines is 1. The molecule has 138 valence electrons. The molecule has 1 fully saturated rings. The van der Waals surface area contributed by atoms with Crippen molar-refractivity contribution in [3.63, 3.8) is 0 Å². The fourth-order valence-electron chi connectivity index (χ4n) is 4.88. The molecule has 0 spiro atoms. The number of benzene rings is 1. The molecule has 1 amide bonds. The number of rotatable bonds is 3. The second-order valence-electron chi connectivity index (χ2n) is 7.75. The largest absolute Gasteiger partial charge is 0.361 e. The van der Waals surface area contributed by atoms with Gasteiger partial charge in [0.2, 0.25) is 5.91 Å². The van der Waals surface area contributed by atoms with Gasteiger partial charge in [0.1, 0.15) is 0 Å². The van der Waals surface area contributed by atoms with Gasteiger partial charge in [0.05, 0.1) is 24.4 Å². The van der Waals surface area contributed by atoms with E-state index in [0.717, 1.165) is 25.1 Å².